The maximum Gasteiger partial charge on any atom is 0.223 e. The van der Waals surface area contributed by atoms with Gasteiger partial charge >= 0.3 is 0 Å². The predicted octanol–water partition coefficient (Wildman–Crippen LogP) is 1.59. The average Bonchev–Trinajstić information content (AvgIpc) is 3.07. The van der Waals surface area contributed by atoms with Crippen molar-refractivity contribution in [3.63, 3.8) is 0 Å². The number of hydrogen-bond donors (Lipinski definition) is 1. The first-order chi connectivity index (χ1) is 12.5. The normalized spacial score (nSPS) is 22.5. The summed E-state index contributed by atoms with van der Waals surface area (Å²) in [6.07, 6.45) is 7.14. The molecule has 2 aliphatic rings. The van der Waals surface area contributed by atoms with E-state index in [1.54, 1.807) is 6.20 Å². The number of nitrogens with zero attached hydrogens (tertiary/aromatic N) is 3. The molecular weight excluding hydrogens is 352 g/mol. The highest BCUT2D eigenvalue weighted by Gasteiger charge is 2.32. The van der Waals surface area contributed by atoms with Crippen molar-refractivity contribution in [3.05, 3.63) is 41.9 Å². The number of amides is 1. The van der Waals surface area contributed by atoms with E-state index < -0.39 is 9.84 Å². The minimum absolute atomic E-state index is 0.0386. The van der Waals surface area contributed by atoms with Gasteiger partial charge in [0.2, 0.25) is 5.91 Å². The van der Waals surface area contributed by atoms with Crippen LogP contribution in [0.1, 0.15) is 43.0 Å². The second-order valence-electron chi connectivity index (χ2n) is 7.03. The summed E-state index contributed by atoms with van der Waals surface area (Å²) in [4.78, 5) is 17.0. The van der Waals surface area contributed by atoms with Crippen LogP contribution in [-0.4, -0.2) is 40.6 Å². The Morgan fingerprint density at radius 3 is 2.73 bits per heavy atom. The summed E-state index contributed by atoms with van der Waals surface area (Å²) in [6.45, 7) is 0. The molecule has 4 rings (SSSR count). The van der Waals surface area contributed by atoms with Gasteiger partial charge in [-0.05, 0) is 44.2 Å². The molecule has 0 aromatic carbocycles. The molecule has 1 aliphatic carbocycles. The smallest absolute Gasteiger partial charge is 0.223 e. The number of hydrogen-bond acceptors (Lipinski definition) is 5. The quantitative estimate of drug-likeness (QED) is 0.880. The van der Waals surface area contributed by atoms with Crippen molar-refractivity contribution in [1.82, 2.24) is 20.1 Å². The third kappa shape index (κ3) is 3.38. The minimum atomic E-state index is -2.96. The maximum absolute atomic E-state index is 12.6. The van der Waals surface area contributed by atoms with E-state index in [-0.39, 0.29) is 29.4 Å². The summed E-state index contributed by atoms with van der Waals surface area (Å²) in [6, 6.07) is 5.64. The highest BCUT2D eigenvalue weighted by Crippen LogP contribution is 2.31. The minimum Gasteiger partial charge on any atom is -0.349 e. The molecule has 26 heavy (non-hydrogen) atoms. The van der Waals surface area contributed by atoms with Crippen molar-refractivity contribution in [2.24, 2.45) is 5.92 Å². The van der Waals surface area contributed by atoms with Crippen LogP contribution in [0.5, 0.6) is 0 Å². The Balaban J connectivity index is 1.50. The molecule has 1 saturated heterocycles. The van der Waals surface area contributed by atoms with E-state index in [0.717, 1.165) is 36.3 Å². The van der Waals surface area contributed by atoms with Crippen molar-refractivity contribution in [2.75, 3.05) is 11.5 Å². The Morgan fingerprint density at radius 1 is 1.19 bits per heavy atom. The number of rotatable bonds is 3. The van der Waals surface area contributed by atoms with Gasteiger partial charge in [0.1, 0.15) is 9.84 Å². The first kappa shape index (κ1) is 17.2. The van der Waals surface area contributed by atoms with E-state index in [2.05, 4.69) is 15.4 Å². The van der Waals surface area contributed by atoms with Crippen molar-refractivity contribution < 1.29 is 13.2 Å². The lowest BCUT2D eigenvalue weighted by Gasteiger charge is -2.27. The molecule has 0 saturated carbocycles. The second kappa shape index (κ2) is 6.83. The van der Waals surface area contributed by atoms with E-state index >= 15 is 0 Å². The molecule has 0 bridgehead atoms. The largest absolute Gasteiger partial charge is 0.349 e. The number of nitrogens with one attached hydrogen (secondary N) is 1. The summed E-state index contributed by atoms with van der Waals surface area (Å²) in [5.41, 5.74) is 2.13. The first-order valence-corrected chi connectivity index (χ1v) is 10.8. The Bertz CT molecular complexity index is 894. The molecule has 1 amide bonds. The van der Waals surface area contributed by atoms with Crippen LogP contribution in [0.4, 0.5) is 0 Å². The Hall–Kier alpha value is -2.22. The highest BCUT2D eigenvalue weighted by atomic mass is 32.2. The molecule has 1 fully saturated rings. The van der Waals surface area contributed by atoms with E-state index in [4.69, 9.17) is 0 Å². The molecule has 0 unspecified atom stereocenters. The molecule has 2 aromatic rings. The fourth-order valence-corrected chi connectivity index (χ4v) is 5.32. The van der Waals surface area contributed by atoms with Crippen LogP contribution in [0.25, 0.3) is 5.82 Å². The molecule has 1 aliphatic heterocycles. The Morgan fingerprint density at radius 2 is 2.00 bits per heavy atom. The summed E-state index contributed by atoms with van der Waals surface area (Å²) in [5, 5.41) is 7.61. The van der Waals surface area contributed by atoms with Crippen LogP contribution >= 0.6 is 0 Å². The molecular formula is C18H22N4O3S. The predicted molar refractivity (Wildman–Crippen MR) is 96.6 cm³/mol. The van der Waals surface area contributed by atoms with Crippen LogP contribution < -0.4 is 5.32 Å². The van der Waals surface area contributed by atoms with Gasteiger partial charge in [-0.25, -0.2) is 18.1 Å². The van der Waals surface area contributed by atoms with Crippen molar-refractivity contribution in [3.8, 4) is 5.82 Å². The zero-order chi connectivity index (χ0) is 18.1. The summed E-state index contributed by atoms with van der Waals surface area (Å²) < 4.78 is 25.0. The van der Waals surface area contributed by atoms with Crippen LogP contribution in [0.3, 0.4) is 0 Å². The molecule has 3 heterocycles. The SMILES string of the molecule is O=C(N[C@@H]1CCCc2c1cnn2-c1ccccn1)C1CCS(=O)(=O)CC1. The van der Waals surface area contributed by atoms with Crippen LogP contribution in [0.15, 0.2) is 30.6 Å². The van der Waals surface area contributed by atoms with E-state index in [1.807, 2.05) is 29.1 Å². The topological polar surface area (TPSA) is 93.9 Å². The fraction of sp³-hybridized carbons (Fsp3) is 0.500. The van der Waals surface area contributed by atoms with Crippen molar-refractivity contribution in [2.45, 2.75) is 38.1 Å². The summed E-state index contributed by atoms with van der Waals surface area (Å²) in [7, 11) is -2.96. The average molecular weight is 374 g/mol. The highest BCUT2D eigenvalue weighted by molar-refractivity contribution is 7.91. The Kier molecular flexibility index (Phi) is 4.52. The van der Waals surface area contributed by atoms with Gasteiger partial charge in [-0.2, -0.15) is 5.10 Å². The lowest BCUT2D eigenvalue weighted by atomic mass is 9.92. The zero-order valence-electron chi connectivity index (χ0n) is 14.5. The van der Waals surface area contributed by atoms with Gasteiger partial charge in [-0.1, -0.05) is 6.07 Å². The number of carbonyl (C=O) groups is 1. The van der Waals surface area contributed by atoms with Gasteiger partial charge in [0, 0.05) is 17.7 Å². The molecule has 138 valence electrons. The van der Waals surface area contributed by atoms with Crippen LogP contribution in [0, 0.1) is 5.92 Å². The lowest BCUT2D eigenvalue weighted by molar-refractivity contribution is -0.126. The van der Waals surface area contributed by atoms with Gasteiger partial charge in [0.15, 0.2) is 5.82 Å². The number of fused-ring (bicyclic) bond motifs is 1. The van der Waals surface area contributed by atoms with Crippen molar-refractivity contribution in [1.29, 1.82) is 0 Å². The first-order valence-electron chi connectivity index (χ1n) is 9.02. The van der Waals surface area contributed by atoms with Gasteiger partial charge in [-0.15, -0.1) is 0 Å². The van der Waals surface area contributed by atoms with Gasteiger partial charge in [0.05, 0.1) is 29.4 Å². The Labute approximate surface area is 152 Å². The molecule has 1 N–H and O–H groups in total. The number of carbonyl (C=O) groups excluding carboxylic acids is 1. The van der Waals surface area contributed by atoms with Crippen molar-refractivity contribution >= 4 is 15.7 Å². The maximum atomic E-state index is 12.6. The van der Waals surface area contributed by atoms with E-state index in [0.29, 0.717) is 12.8 Å². The summed E-state index contributed by atoms with van der Waals surface area (Å²) in [5.74, 6) is 0.744. The molecule has 0 radical (unpaired) electrons. The molecule has 0 spiro atoms. The van der Waals surface area contributed by atoms with E-state index in [9.17, 15) is 13.2 Å². The van der Waals surface area contributed by atoms with Crippen LogP contribution in [0.2, 0.25) is 0 Å². The molecule has 1 atom stereocenters. The number of pyridine rings is 1. The summed E-state index contributed by atoms with van der Waals surface area (Å²) >= 11 is 0. The lowest BCUT2D eigenvalue weighted by Crippen LogP contribution is -2.39. The standard InChI is InChI=1S/C18H22N4O3S/c23-18(13-7-10-26(24,25)11-8-13)21-15-4-3-5-16-14(15)12-20-22(16)17-6-1-2-9-19-17/h1-2,6,9,12-13,15H,3-5,7-8,10-11H2,(H,21,23)/t15-/m1/s1. The fourth-order valence-electron chi connectivity index (χ4n) is 3.83. The molecule has 7 nitrogen and oxygen atoms in total. The monoisotopic (exact) mass is 374 g/mol. The third-order valence-corrected chi connectivity index (χ3v) is 7.01. The van der Waals surface area contributed by atoms with Crippen LogP contribution in [-0.2, 0) is 21.1 Å². The van der Waals surface area contributed by atoms with E-state index in [1.165, 1.54) is 0 Å². The molecule has 2 aromatic heterocycles. The second-order valence-corrected chi connectivity index (χ2v) is 9.33. The third-order valence-electron chi connectivity index (χ3n) is 5.29. The van der Waals surface area contributed by atoms with Gasteiger partial charge in [-0.3, -0.25) is 4.79 Å². The van der Waals surface area contributed by atoms with Gasteiger partial charge in [0.25, 0.3) is 0 Å². The number of aromatic nitrogens is 3. The zero-order valence-corrected chi connectivity index (χ0v) is 15.3. The van der Waals surface area contributed by atoms with Gasteiger partial charge < -0.3 is 5.32 Å². The molecule has 8 heteroatoms. The number of sulfone groups is 1.